The maximum atomic E-state index is 11.9. The number of halogens is 1. The van der Waals surface area contributed by atoms with Crippen LogP contribution < -0.4 is 25.4 Å². The van der Waals surface area contributed by atoms with Crippen molar-refractivity contribution in [1.82, 2.24) is 14.5 Å². The van der Waals surface area contributed by atoms with E-state index in [2.05, 4.69) is 38.5 Å². The molecule has 2 aromatic heterocycles. The molecular formula is C45H45ClN8O6. The number of ether oxygens (including phenoxy) is 2. The zero-order valence-electron chi connectivity index (χ0n) is 32.9. The van der Waals surface area contributed by atoms with Crippen molar-refractivity contribution >= 4 is 68.7 Å². The number of anilines is 2. The van der Waals surface area contributed by atoms with Crippen LogP contribution in [0.4, 0.5) is 16.2 Å². The molecule has 0 radical (unpaired) electrons. The Morgan fingerprint density at radius 1 is 0.783 bits per heavy atom. The van der Waals surface area contributed by atoms with Crippen molar-refractivity contribution in [3.63, 3.8) is 0 Å². The predicted octanol–water partition coefficient (Wildman–Crippen LogP) is 8.56. The molecule has 0 atom stereocenters. The number of carbonyl (C=O) groups excluding carboxylic acids is 4. The number of nitrogen functional groups attached to an aromatic ring is 1. The van der Waals surface area contributed by atoms with Gasteiger partial charge in [-0.05, 0) is 87.4 Å². The highest BCUT2D eigenvalue weighted by atomic mass is 35.5. The lowest BCUT2D eigenvalue weighted by Crippen LogP contribution is -2.27. The molecule has 1 aliphatic rings. The van der Waals surface area contributed by atoms with Crippen LogP contribution >= 0.6 is 11.6 Å². The van der Waals surface area contributed by atoms with Crippen molar-refractivity contribution in [3.8, 4) is 46.2 Å². The van der Waals surface area contributed by atoms with Gasteiger partial charge in [-0.1, -0.05) is 31.7 Å². The number of aryl methyl sites for hydroxylation is 2. The van der Waals surface area contributed by atoms with Crippen molar-refractivity contribution in [1.29, 1.82) is 10.5 Å². The lowest BCUT2D eigenvalue weighted by atomic mass is 10.1. The molecule has 6 aromatic rings. The summed E-state index contributed by atoms with van der Waals surface area (Å²) >= 11 is 4.91. The minimum atomic E-state index is -0.656. The van der Waals surface area contributed by atoms with E-state index in [1.165, 1.54) is 4.90 Å². The van der Waals surface area contributed by atoms with Gasteiger partial charge in [-0.2, -0.15) is 10.5 Å². The van der Waals surface area contributed by atoms with E-state index in [1.807, 2.05) is 93.6 Å². The molecule has 0 bridgehead atoms. The third kappa shape index (κ3) is 9.65. The van der Waals surface area contributed by atoms with E-state index in [-0.39, 0.29) is 25.8 Å². The van der Waals surface area contributed by atoms with Crippen molar-refractivity contribution < 1.29 is 28.7 Å². The van der Waals surface area contributed by atoms with Gasteiger partial charge in [0.2, 0.25) is 12.0 Å². The lowest BCUT2D eigenvalue weighted by Gasteiger charge is -2.14. The third-order valence-electron chi connectivity index (χ3n) is 9.26. The Balaban J connectivity index is 0.000000229. The van der Waals surface area contributed by atoms with Crippen LogP contribution in [0.2, 0.25) is 0 Å². The number of carbonyl (C=O) groups is 3. The van der Waals surface area contributed by atoms with Crippen LogP contribution in [0.25, 0.3) is 44.3 Å². The number of nitrogens with zero attached hydrogens (tertiary/aromatic N) is 6. The molecule has 0 unspecified atom stereocenters. The fraction of sp³-hybridized carbons (Fsp3) is 0.244. The normalized spacial score (nSPS) is 11.5. The molecule has 60 heavy (non-hydrogen) atoms. The van der Waals surface area contributed by atoms with E-state index in [0.717, 1.165) is 68.4 Å². The molecule has 0 saturated carbocycles. The molecule has 308 valence electrons. The van der Waals surface area contributed by atoms with Crippen LogP contribution in [0, 0.1) is 22.7 Å². The van der Waals surface area contributed by atoms with Gasteiger partial charge in [-0.15, -0.1) is 16.6 Å². The number of fused-ring (bicyclic) bond motifs is 2. The Kier molecular flexibility index (Phi) is 15.8. The first-order valence-corrected chi connectivity index (χ1v) is 19.2. The van der Waals surface area contributed by atoms with E-state index in [1.54, 1.807) is 12.1 Å². The molecular weight excluding hydrogens is 784 g/mol. The van der Waals surface area contributed by atoms with E-state index in [4.69, 9.17) is 26.8 Å². The summed E-state index contributed by atoms with van der Waals surface area (Å²) in [6.45, 7) is 10.7. The van der Waals surface area contributed by atoms with Gasteiger partial charge in [-0.25, -0.2) is 9.59 Å². The molecule has 15 heteroatoms. The van der Waals surface area contributed by atoms with Crippen molar-refractivity contribution in [2.75, 3.05) is 36.3 Å². The highest BCUT2D eigenvalue weighted by Crippen LogP contribution is 2.37. The first-order valence-electron chi connectivity index (χ1n) is 18.7. The number of rotatable bonds is 10. The predicted molar refractivity (Wildman–Crippen MR) is 234 cm³/mol. The zero-order valence-corrected chi connectivity index (χ0v) is 33.7. The van der Waals surface area contributed by atoms with Crippen LogP contribution in [-0.4, -0.2) is 58.7 Å². The summed E-state index contributed by atoms with van der Waals surface area (Å²) in [6, 6.07) is 30.9. The highest BCUT2D eigenvalue weighted by Gasteiger charge is 2.28. The van der Waals surface area contributed by atoms with Crippen molar-refractivity contribution in [3.05, 3.63) is 96.1 Å². The standard InChI is InChI=1S/C22H20N4O3.C19H19N3O.C3H2ClNO2.CH4/c1-3-25-19-11-16(29-4-2)9-10-17(19)18(12-23)21(25)14-5-7-15(8-6-14)26-13-20(27)24-22(26)28;1-3-22-18-11-15(23-4-2)9-10-16(18)17(12-20)19(22)13-5-7-14(21)8-6-13;4-1-3(7)5-2-6;/h5-11H,3-4,13H2,1-2H3,(H,24,27,28);5-11H,3-4,21H2,1-2H3;1H2;1H4. The van der Waals surface area contributed by atoms with Gasteiger partial charge in [-0.3, -0.25) is 19.8 Å². The Hall–Kier alpha value is -7.38. The molecule has 14 nitrogen and oxygen atoms in total. The molecule has 1 fully saturated rings. The van der Waals surface area contributed by atoms with E-state index < -0.39 is 11.9 Å². The second kappa shape index (κ2) is 20.9. The Morgan fingerprint density at radius 3 is 1.60 bits per heavy atom. The van der Waals surface area contributed by atoms with Crippen molar-refractivity contribution in [2.45, 2.75) is 48.2 Å². The van der Waals surface area contributed by atoms with Crippen LogP contribution in [-0.2, 0) is 27.5 Å². The fourth-order valence-electron chi connectivity index (χ4n) is 6.83. The number of hydrogen-bond acceptors (Lipinski definition) is 9. The van der Waals surface area contributed by atoms with Gasteiger partial charge in [0, 0.05) is 47.4 Å². The third-order valence-corrected chi connectivity index (χ3v) is 9.49. The van der Waals surface area contributed by atoms with Gasteiger partial charge < -0.3 is 24.3 Å². The molecule has 4 amide bonds. The highest BCUT2D eigenvalue weighted by molar-refractivity contribution is 6.27. The minimum absolute atomic E-state index is 0. The summed E-state index contributed by atoms with van der Waals surface area (Å²) in [6.07, 6.45) is 1.06. The topological polar surface area (TPSA) is 198 Å². The molecule has 3 heterocycles. The number of alkyl halides is 1. The Labute approximate surface area is 353 Å². The second-order valence-electron chi connectivity index (χ2n) is 12.7. The Bertz CT molecular complexity index is 2650. The summed E-state index contributed by atoms with van der Waals surface area (Å²) in [5.41, 5.74) is 14.0. The first-order chi connectivity index (χ1) is 28.6. The summed E-state index contributed by atoms with van der Waals surface area (Å²) in [4.78, 5) is 46.4. The number of nitriles is 2. The Morgan fingerprint density at radius 2 is 1.25 bits per heavy atom. The zero-order chi connectivity index (χ0) is 42.6. The minimum Gasteiger partial charge on any atom is -0.494 e. The molecule has 1 saturated heterocycles. The number of aromatic nitrogens is 2. The summed E-state index contributed by atoms with van der Waals surface area (Å²) in [7, 11) is 0. The summed E-state index contributed by atoms with van der Waals surface area (Å²) in [5.74, 6) is 0.359. The number of benzene rings is 4. The van der Waals surface area contributed by atoms with Crippen LogP contribution in [0.1, 0.15) is 46.2 Å². The lowest BCUT2D eigenvalue weighted by molar-refractivity contribution is -0.117. The number of urea groups is 1. The summed E-state index contributed by atoms with van der Waals surface area (Å²) < 4.78 is 15.5. The monoisotopic (exact) mass is 828 g/mol. The second-order valence-corrected chi connectivity index (χ2v) is 13.0. The van der Waals surface area contributed by atoms with Gasteiger partial charge >= 0.3 is 6.03 Å². The molecule has 0 spiro atoms. The molecule has 7 rings (SSSR count). The van der Waals surface area contributed by atoms with E-state index in [9.17, 15) is 29.7 Å². The number of nitrogens with two attached hydrogens (primary N) is 1. The number of amides is 4. The number of isocyanates is 1. The molecule has 3 N–H and O–H groups in total. The average molecular weight is 829 g/mol. The summed E-state index contributed by atoms with van der Waals surface area (Å²) in [5, 5.41) is 23.6. The van der Waals surface area contributed by atoms with Gasteiger partial charge in [0.05, 0.1) is 46.8 Å². The fourth-order valence-corrected chi connectivity index (χ4v) is 6.89. The SMILES string of the molecule is C.CCOc1ccc2c(C#N)c(-c3ccc(N)cc3)n(CC)c2c1.CCOc1ccc2c(C#N)c(-c3ccc(N4CC(=O)NC4=O)cc3)n(CC)c2c1.O=C=NC(=O)CCl. The maximum Gasteiger partial charge on any atom is 0.329 e. The number of imide groups is 1. The van der Waals surface area contributed by atoms with Crippen LogP contribution in [0.15, 0.2) is 89.9 Å². The first kappa shape index (κ1) is 45.3. The number of nitrogens with one attached hydrogen (secondary N) is 1. The van der Waals surface area contributed by atoms with Gasteiger partial charge in [0.15, 0.2) is 0 Å². The number of aliphatic imine (C=N–C) groups is 1. The molecule has 1 aliphatic heterocycles. The quantitative estimate of drug-likeness (QED) is 0.0447. The van der Waals surface area contributed by atoms with Crippen molar-refractivity contribution in [2.24, 2.45) is 4.99 Å². The van der Waals surface area contributed by atoms with Gasteiger partial charge in [0.1, 0.15) is 36.1 Å². The maximum absolute atomic E-state index is 11.9. The largest absolute Gasteiger partial charge is 0.494 e. The molecule has 4 aromatic carbocycles. The number of hydrogen-bond donors (Lipinski definition) is 2. The van der Waals surface area contributed by atoms with E-state index >= 15 is 0 Å². The van der Waals surface area contributed by atoms with Gasteiger partial charge in [0.25, 0.3) is 5.91 Å². The average Bonchev–Trinajstić information content (AvgIpc) is 3.88. The smallest absolute Gasteiger partial charge is 0.329 e. The van der Waals surface area contributed by atoms with Crippen LogP contribution in [0.3, 0.4) is 0 Å². The molecule has 0 aliphatic carbocycles. The van der Waals surface area contributed by atoms with E-state index in [0.29, 0.717) is 42.3 Å². The van der Waals surface area contributed by atoms with Crippen LogP contribution in [0.5, 0.6) is 11.5 Å².